The van der Waals surface area contributed by atoms with Gasteiger partial charge in [-0.1, -0.05) is 47.6 Å². The van der Waals surface area contributed by atoms with E-state index in [-0.39, 0.29) is 22.9 Å². The maximum atomic E-state index is 13.2. The first-order valence-electron chi connectivity index (χ1n) is 10.4. The predicted octanol–water partition coefficient (Wildman–Crippen LogP) is 5.46. The minimum Gasteiger partial charge on any atom is -0.496 e. The molecule has 0 fully saturated rings. The smallest absolute Gasteiger partial charge is 0.277 e. The number of hydrogen-bond acceptors (Lipinski definition) is 8. The van der Waals surface area contributed by atoms with Crippen LogP contribution in [0.3, 0.4) is 0 Å². The number of benzene rings is 2. The lowest BCUT2D eigenvalue weighted by molar-refractivity contribution is -0.130. The van der Waals surface area contributed by atoms with Gasteiger partial charge in [0.2, 0.25) is 0 Å². The lowest BCUT2D eigenvalue weighted by Crippen LogP contribution is -2.28. The molecule has 5 rings (SSSR count). The Morgan fingerprint density at radius 1 is 1.15 bits per heavy atom. The summed E-state index contributed by atoms with van der Waals surface area (Å²) in [7, 11) is 1.58. The Morgan fingerprint density at radius 3 is 2.74 bits per heavy atom. The largest absolute Gasteiger partial charge is 0.496 e. The zero-order chi connectivity index (χ0) is 23.5. The van der Waals surface area contributed by atoms with E-state index in [2.05, 4.69) is 15.3 Å². The number of nitrogens with zero attached hydrogens (tertiary/aromatic N) is 4. The van der Waals surface area contributed by atoms with Crippen LogP contribution in [0, 0.1) is 0 Å². The van der Waals surface area contributed by atoms with Crippen molar-refractivity contribution in [1.29, 1.82) is 0 Å². The molecule has 0 bridgehead atoms. The third kappa shape index (κ3) is 4.57. The van der Waals surface area contributed by atoms with E-state index in [4.69, 9.17) is 25.2 Å². The van der Waals surface area contributed by atoms with E-state index >= 15 is 0 Å². The number of carbonyl (C=O) groups excluding carboxylic acids is 1. The van der Waals surface area contributed by atoms with Gasteiger partial charge < -0.3 is 13.6 Å². The highest BCUT2D eigenvalue weighted by Gasteiger charge is 2.35. The summed E-state index contributed by atoms with van der Waals surface area (Å²) in [5.41, 5.74) is 2.38. The van der Waals surface area contributed by atoms with Crippen molar-refractivity contribution < 1.29 is 18.4 Å². The predicted molar refractivity (Wildman–Crippen MR) is 128 cm³/mol. The van der Waals surface area contributed by atoms with E-state index in [0.717, 1.165) is 23.0 Å². The van der Waals surface area contributed by atoms with Crippen LogP contribution < -0.4 is 4.74 Å². The Hall–Kier alpha value is -3.56. The molecule has 34 heavy (non-hydrogen) atoms. The fourth-order valence-corrected chi connectivity index (χ4v) is 4.39. The molecule has 0 aliphatic carbocycles. The fraction of sp³-hybridized carbons (Fsp3) is 0.167. The van der Waals surface area contributed by atoms with E-state index in [0.29, 0.717) is 34.4 Å². The molecule has 0 N–H and O–H groups in total. The molecular weight excluding hydrogens is 476 g/mol. The minimum absolute atomic E-state index is 0.0716. The van der Waals surface area contributed by atoms with Crippen LogP contribution in [0.25, 0.3) is 11.5 Å². The molecule has 3 heterocycles. The first-order chi connectivity index (χ1) is 16.6. The summed E-state index contributed by atoms with van der Waals surface area (Å²) in [5.74, 6) is 1.49. The van der Waals surface area contributed by atoms with Crippen LogP contribution in [0.15, 0.2) is 86.1 Å². The van der Waals surface area contributed by atoms with E-state index in [1.54, 1.807) is 31.6 Å². The molecule has 0 saturated heterocycles. The summed E-state index contributed by atoms with van der Waals surface area (Å²) in [6.07, 6.45) is 2.12. The molecule has 2 aromatic carbocycles. The normalized spacial score (nSPS) is 15.4. The average Bonchev–Trinajstić information content (AvgIpc) is 3.63. The molecule has 2 aromatic heterocycles. The van der Waals surface area contributed by atoms with Crippen molar-refractivity contribution in [2.24, 2.45) is 5.10 Å². The van der Waals surface area contributed by atoms with Gasteiger partial charge in [-0.25, -0.2) is 5.01 Å². The molecular formula is C24H19ClN4O4S. The van der Waals surface area contributed by atoms with Crippen LogP contribution in [0.1, 0.15) is 23.8 Å². The highest BCUT2D eigenvalue weighted by atomic mass is 35.5. The molecule has 0 radical (unpaired) electrons. The van der Waals surface area contributed by atoms with E-state index in [1.165, 1.54) is 5.01 Å². The highest BCUT2D eigenvalue weighted by molar-refractivity contribution is 7.99. The van der Waals surface area contributed by atoms with E-state index in [1.807, 2.05) is 42.5 Å². The number of rotatable bonds is 7. The molecule has 0 spiro atoms. The van der Waals surface area contributed by atoms with Crippen molar-refractivity contribution in [2.75, 3.05) is 12.9 Å². The second-order valence-corrected chi connectivity index (χ2v) is 8.75. The summed E-state index contributed by atoms with van der Waals surface area (Å²) in [6, 6.07) is 18.1. The molecule has 1 amide bonds. The number of ether oxygens (including phenoxy) is 1. The molecule has 4 aromatic rings. The maximum Gasteiger partial charge on any atom is 0.277 e. The molecule has 1 unspecified atom stereocenters. The van der Waals surface area contributed by atoms with Crippen molar-refractivity contribution in [2.45, 2.75) is 17.7 Å². The maximum absolute atomic E-state index is 13.2. The number of amides is 1. The van der Waals surface area contributed by atoms with Crippen molar-refractivity contribution in [3.05, 3.63) is 83.3 Å². The Morgan fingerprint density at radius 2 is 1.97 bits per heavy atom. The molecule has 0 saturated carbocycles. The monoisotopic (exact) mass is 494 g/mol. The van der Waals surface area contributed by atoms with Gasteiger partial charge >= 0.3 is 0 Å². The number of para-hydroxylation sites is 1. The molecule has 8 nitrogen and oxygen atoms in total. The Kier molecular flexibility index (Phi) is 6.37. The quantitative estimate of drug-likeness (QED) is 0.315. The van der Waals surface area contributed by atoms with Gasteiger partial charge in [-0.3, -0.25) is 4.79 Å². The van der Waals surface area contributed by atoms with Crippen molar-refractivity contribution in [3.63, 3.8) is 0 Å². The van der Waals surface area contributed by atoms with Crippen LogP contribution in [-0.2, 0) is 4.79 Å². The standard InChI is InChI=1S/C24H19ClN4O4S/c1-31-20-6-3-2-5-17(20)23-26-27-24(33-23)34-14-22(30)29-19(21-7-4-12-32-21)13-18(28-29)15-8-10-16(25)11-9-15/h2-12,19H,13-14H2,1H3. The lowest BCUT2D eigenvalue weighted by Gasteiger charge is -2.19. The van der Waals surface area contributed by atoms with Crippen LogP contribution in [0.2, 0.25) is 5.02 Å². The van der Waals surface area contributed by atoms with Gasteiger partial charge in [-0.15, -0.1) is 10.2 Å². The van der Waals surface area contributed by atoms with Crippen molar-refractivity contribution >= 4 is 35.0 Å². The van der Waals surface area contributed by atoms with E-state index < -0.39 is 0 Å². The zero-order valence-electron chi connectivity index (χ0n) is 18.1. The van der Waals surface area contributed by atoms with Crippen molar-refractivity contribution in [3.8, 4) is 17.2 Å². The van der Waals surface area contributed by atoms with Gasteiger partial charge in [0.25, 0.3) is 17.0 Å². The van der Waals surface area contributed by atoms with Gasteiger partial charge in [0.15, 0.2) is 0 Å². The zero-order valence-corrected chi connectivity index (χ0v) is 19.6. The minimum atomic E-state index is -0.333. The number of furan rings is 1. The SMILES string of the molecule is COc1ccccc1-c1nnc(SCC(=O)N2N=C(c3ccc(Cl)cc3)CC2c2ccco2)o1. The second-order valence-electron chi connectivity index (χ2n) is 7.39. The molecule has 172 valence electrons. The number of hydrazone groups is 1. The highest BCUT2D eigenvalue weighted by Crippen LogP contribution is 2.35. The summed E-state index contributed by atoms with van der Waals surface area (Å²) in [6.45, 7) is 0. The third-order valence-electron chi connectivity index (χ3n) is 5.28. The molecule has 10 heteroatoms. The second kappa shape index (κ2) is 9.74. The first-order valence-corrected chi connectivity index (χ1v) is 11.8. The average molecular weight is 495 g/mol. The number of hydrogen-bond donors (Lipinski definition) is 0. The number of methoxy groups -OCH3 is 1. The lowest BCUT2D eigenvalue weighted by atomic mass is 10.0. The summed E-state index contributed by atoms with van der Waals surface area (Å²) in [5, 5.41) is 15.2. The van der Waals surface area contributed by atoms with Gasteiger partial charge in [0.1, 0.15) is 17.6 Å². The van der Waals surface area contributed by atoms with Crippen LogP contribution >= 0.6 is 23.4 Å². The van der Waals surface area contributed by atoms with Gasteiger partial charge in [0.05, 0.1) is 30.4 Å². The Balaban J connectivity index is 1.32. The number of carbonyl (C=O) groups is 1. The number of thioether (sulfide) groups is 1. The van der Waals surface area contributed by atoms with Crippen LogP contribution in [0.5, 0.6) is 5.75 Å². The topological polar surface area (TPSA) is 94.0 Å². The number of aromatic nitrogens is 2. The van der Waals surface area contributed by atoms with Gasteiger partial charge in [0, 0.05) is 11.4 Å². The Bertz CT molecular complexity index is 1320. The summed E-state index contributed by atoms with van der Waals surface area (Å²) in [4.78, 5) is 13.2. The molecule has 1 aliphatic rings. The summed E-state index contributed by atoms with van der Waals surface area (Å²) >= 11 is 7.17. The Labute approximate surface area is 204 Å². The van der Waals surface area contributed by atoms with Crippen LogP contribution in [0.4, 0.5) is 0 Å². The first kappa shape index (κ1) is 22.2. The third-order valence-corrected chi connectivity index (χ3v) is 6.33. The molecule has 1 aliphatic heterocycles. The van der Waals surface area contributed by atoms with Crippen LogP contribution in [-0.4, -0.2) is 39.7 Å². The fourth-order valence-electron chi connectivity index (χ4n) is 3.65. The van der Waals surface area contributed by atoms with E-state index in [9.17, 15) is 4.79 Å². The van der Waals surface area contributed by atoms with Gasteiger partial charge in [-0.2, -0.15) is 5.10 Å². The molecule has 1 atom stereocenters. The summed E-state index contributed by atoms with van der Waals surface area (Å²) < 4.78 is 16.7. The van der Waals surface area contributed by atoms with Crippen molar-refractivity contribution in [1.82, 2.24) is 15.2 Å². The number of halogens is 1. The van der Waals surface area contributed by atoms with Gasteiger partial charge in [-0.05, 0) is 42.0 Å².